The summed E-state index contributed by atoms with van der Waals surface area (Å²) in [6.45, 7) is 0. The van der Waals surface area contributed by atoms with Crippen LogP contribution in [0.1, 0.15) is 17.2 Å². The molecule has 0 amide bonds. The summed E-state index contributed by atoms with van der Waals surface area (Å²) in [5, 5.41) is 3.12. The molecule has 0 bridgehead atoms. The number of hydrogen-bond donors (Lipinski definition) is 2. The number of halogens is 2. The molecule has 0 fully saturated rings. The number of nitrogens with one attached hydrogen (secondary N) is 1. The first-order chi connectivity index (χ1) is 8.61. The first kappa shape index (κ1) is 13.0. The molecule has 5 heteroatoms. The van der Waals surface area contributed by atoms with Crippen molar-refractivity contribution in [2.75, 3.05) is 12.8 Å². The summed E-state index contributed by atoms with van der Waals surface area (Å²) in [6, 6.07) is 8.26. The molecule has 0 saturated heterocycles. The molecule has 0 radical (unpaired) electrons. The zero-order valence-electron chi connectivity index (χ0n) is 9.82. The molecule has 2 rings (SSSR count). The van der Waals surface area contributed by atoms with Crippen molar-refractivity contribution in [2.45, 2.75) is 6.04 Å². The average Bonchev–Trinajstić information content (AvgIpc) is 2.31. The quantitative estimate of drug-likeness (QED) is 0.916. The van der Waals surface area contributed by atoms with Crippen LogP contribution in [0.5, 0.6) is 0 Å². The maximum absolute atomic E-state index is 13.4. The van der Waals surface area contributed by atoms with E-state index in [0.29, 0.717) is 10.3 Å². The molecular formula is C13H13BrFN3. The van der Waals surface area contributed by atoms with Gasteiger partial charge >= 0.3 is 0 Å². The van der Waals surface area contributed by atoms with Crippen LogP contribution in [0.15, 0.2) is 41.0 Å². The molecule has 1 aromatic heterocycles. The van der Waals surface area contributed by atoms with Gasteiger partial charge in [0.1, 0.15) is 11.6 Å². The summed E-state index contributed by atoms with van der Waals surface area (Å²) in [5.41, 5.74) is 7.48. The topological polar surface area (TPSA) is 50.9 Å². The molecule has 0 aliphatic heterocycles. The van der Waals surface area contributed by atoms with Gasteiger partial charge in [-0.3, -0.25) is 0 Å². The third kappa shape index (κ3) is 2.68. The van der Waals surface area contributed by atoms with Crippen molar-refractivity contribution in [3.05, 3.63) is 57.9 Å². The standard InChI is InChI=1S/C13H13BrFN3/c1-17-12(11-3-2-4-18-13(11)16)8-5-9(14)7-10(15)6-8/h2-7,12,17H,1H3,(H2,16,18). The lowest BCUT2D eigenvalue weighted by molar-refractivity contribution is 0.615. The van der Waals surface area contributed by atoms with Gasteiger partial charge in [0.15, 0.2) is 0 Å². The van der Waals surface area contributed by atoms with Gasteiger partial charge in [-0.1, -0.05) is 22.0 Å². The Morgan fingerprint density at radius 2 is 2.17 bits per heavy atom. The number of anilines is 1. The van der Waals surface area contributed by atoms with Crippen molar-refractivity contribution >= 4 is 21.7 Å². The molecule has 18 heavy (non-hydrogen) atoms. The number of rotatable bonds is 3. The summed E-state index contributed by atoms with van der Waals surface area (Å²) in [4.78, 5) is 4.05. The Kier molecular flexibility index (Phi) is 3.93. The van der Waals surface area contributed by atoms with Crippen LogP contribution in [0, 0.1) is 5.82 Å². The van der Waals surface area contributed by atoms with E-state index in [1.165, 1.54) is 12.1 Å². The van der Waals surface area contributed by atoms with Gasteiger partial charge in [0.2, 0.25) is 0 Å². The molecule has 1 unspecified atom stereocenters. The molecule has 1 atom stereocenters. The normalized spacial score (nSPS) is 12.4. The third-order valence-electron chi connectivity index (χ3n) is 2.69. The van der Waals surface area contributed by atoms with Gasteiger partial charge in [-0.05, 0) is 36.9 Å². The average molecular weight is 310 g/mol. The highest BCUT2D eigenvalue weighted by molar-refractivity contribution is 9.10. The third-order valence-corrected chi connectivity index (χ3v) is 3.15. The molecule has 0 aliphatic rings. The van der Waals surface area contributed by atoms with E-state index < -0.39 is 0 Å². The maximum Gasteiger partial charge on any atom is 0.128 e. The predicted molar refractivity (Wildman–Crippen MR) is 73.7 cm³/mol. The van der Waals surface area contributed by atoms with Gasteiger partial charge in [0, 0.05) is 16.2 Å². The van der Waals surface area contributed by atoms with E-state index in [4.69, 9.17) is 5.73 Å². The van der Waals surface area contributed by atoms with E-state index in [2.05, 4.69) is 26.2 Å². The second-order valence-electron chi connectivity index (χ2n) is 3.90. The Hall–Kier alpha value is -1.46. The highest BCUT2D eigenvalue weighted by Crippen LogP contribution is 2.27. The first-order valence-corrected chi connectivity index (χ1v) is 6.24. The van der Waals surface area contributed by atoms with Crippen LogP contribution >= 0.6 is 15.9 Å². The van der Waals surface area contributed by atoms with Crippen LogP contribution < -0.4 is 11.1 Å². The Morgan fingerprint density at radius 3 is 2.78 bits per heavy atom. The predicted octanol–water partition coefficient (Wildman–Crippen LogP) is 2.87. The van der Waals surface area contributed by atoms with E-state index >= 15 is 0 Å². The zero-order chi connectivity index (χ0) is 13.1. The number of nitrogen functional groups attached to an aromatic ring is 1. The summed E-state index contributed by atoms with van der Waals surface area (Å²) >= 11 is 3.29. The minimum atomic E-state index is -0.290. The molecule has 94 valence electrons. The number of hydrogen-bond acceptors (Lipinski definition) is 3. The van der Waals surface area contributed by atoms with Gasteiger partial charge in [-0.2, -0.15) is 0 Å². The molecule has 3 nitrogen and oxygen atoms in total. The number of nitrogens with zero attached hydrogens (tertiary/aromatic N) is 1. The molecule has 3 N–H and O–H groups in total. The molecule has 1 heterocycles. The number of pyridine rings is 1. The number of benzene rings is 1. The van der Waals surface area contributed by atoms with Crippen molar-refractivity contribution in [3.8, 4) is 0 Å². The highest BCUT2D eigenvalue weighted by atomic mass is 79.9. The van der Waals surface area contributed by atoms with Crippen LogP contribution in [-0.4, -0.2) is 12.0 Å². The van der Waals surface area contributed by atoms with Gasteiger partial charge in [0.05, 0.1) is 6.04 Å². The second-order valence-corrected chi connectivity index (χ2v) is 4.82. The van der Waals surface area contributed by atoms with E-state index in [9.17, 15) is 4.39 Å². The molecule has 0 aliphatic carbocycles. The van der Waals surface area contributed by atoms with E-state index in [1.807, 2.05) is 18.2 Å². The SMILES string of the molecule is CNC(c1cc(F)cc(Br)c1)c1cccnc1N. The lowest BCUT2D eigenvalue weighted by atomic mass is 9.99. The largest absolute Gasteiger partial charge is 0.383 e. The minimum Gasteiger partial charge on any atom is -0.383 e. The van der Waals surface area contributed by atoms with Crippen molar-refractivity contribution in [3.63, 3.8) is 0 Å². The van der Waals surface area contributed by atoms with Gasteiger partial charge < -0.3 is 11.1 Å². The fourth-order valence-electron chi connectivity index (χ4n) is 1.92. The van der Waals surface area contributed by atoms with Crippen molar-refractivity contribution in [1.82, 2.24) is 10.3 Å². The van der Waals surface area contributed by atoms with Crippen LogP contribution in [0.4, 0.5) is 10.2 Å². The molecule has 0 saturated carbocycles. The van der Waals surface area contributed by atoms with Gasteiger partial charge in [-0.15, -0.1) is 0 Å². The Balaban J connectivity index is 2.48. The van der Waals surface area contributed by atoms with Gasteiger partial charge in [-0.25, -0.2) is 9.37 Å². The van der Waals surface area contributed by atoms with E-state index in [1.54, 1.807) is 13.2 Å². The Morgan fingerprint density at radius 1 is 1.39 bits per heavy atom. The van der Waals surface area contributed by atoms with Crippen LogP contribution in [-0.2, 0) is 0 Å². The van der Waals surface area contributed by atoms with Crippen molar-refractivity contribution in [1.29, 1.82) is 0 Å². The summed E-state index contributed by atoms with van der Waals surface area (Å²) in [7, 11) is 1.80. The Labute approximate surface area is 113 Å². The summed E-state index contributed by atoms with van der Waals surface area (Å²) in [5.74, 6) is 0.152. The summed E-state index contributed by atoms with van der Waals surface area (Å²) in [6.07, 6.45) is 1.63. The van der Waals surface area contributed by atoms with E-state index in [0.717, 1.165) is 11.1 Å². The fourth-order valence-corrected chi connectivity index (χ4v) is 2.40. The zero-order valence-corrected chi connectivity index (χ0v) is 11.4. The van der Waals surface area contributed by atoms with Crippen LogP contribution in [0.25, 0.3) is 0 Å². The van der Waals surface area contributed by atoms with Crippen molar-refractivity contribution in [2.24, 2.45) is 0 Å². The molecule has 2 aromatic rings. The highest BCUT2D eigenvalue weighted by Gasteiger charge is 2.16. The molecule has 1 aromatic carbocycles. The lowest BCUT2D eigenvalue weighted by Gasteiger charge is -2.18. The molecular weight excluding hydrogens is 297 g/mol. The van der Waals surface area contributed by atoms with Gasteiger partial charge in [0.25, 0.3) is 0 Å². The number of nitrogens with two attached hydrogens (primary N) is 1. The minimum absolute atomic E-state index is 0.189. The van der Waals surface area contributed by atoms with E-state index in [-0.39, 0.29) is 11.9 Å². The maximum atomic E-state index is 13.4. The first-order valence-electron chi connectivity index (χ1n) is 5.45. The lowest BCUT2D eigenvalue weighted by Crippen LogP contribution is -2.19. The smallest absolute Gasteiger partial charge is 0.128 e. The summed E-state index contributed by atoms with van der Waals surface area (Å²) < 4.78 is 14.1. The number of aromatic nitrogens is 1. The van der Waals surface area contributed by atoms with Crippen LogP contribution in [0.2, 0.25) is 0 Å². The van der Waals surface area contributed by atoms with Crippen molar-refractivity contribution < 1.29 is 4.39 Å². The second kappa shape index (κ2) is 5.46. The monoisotopic (exact) mass is 309 g/mol. The molecule has 0 spiro atoms. The Bertz CT molecular complexity index is 539. The van der Waals surface area contributed by atoms with Crippen LogP contribution in [0.3, 0.4) is 0 Å². The fraction of sp³-hybridized carbons (Fsp3) is 0.154.